The molecule has 1 aromatic carbocycles. The maximum Gasteiger partial charge on any atom is 0.280 e. The molecule has 2 aromatic heterocycles. The van der Waals surface area contributed by atoms with Gasteiger partial charge in [0.1, 0.15) is 0 Å². The van der Waals surface area contributed by atoms with Crippen molar-refractivity contribution in [2.75, 3.05) is 0 Å². The molecule has 0 fully saturated rings. The first kappa shape index (κ1) is 13.4. The number of para-hydroxylation sites is 1. The van der Waals surface area contributed by atoms with E-state index in [1.165, 1.54) is 11.3 Å². The fourth-order valence-electron chi connectivity index (χ4n) is 1.91. The number of aryl methyl sites for hydroxylation is 1. The highest BCUT2D eigenvalue weighted by atomic mass is 32.1. The third kappa shape index (κ3) is 2.55. The highest BCUT2D eigenvalue weighted by Crippen LogP contribution is 2.31. The number of rotatable bonds is 3. The number of azo groups is 1. The Morgan fingerprint density at radius 3 is 2.90 bits per heavy atom. The van der Waals surface area contributed by atoms with Crippen LogP contribution in [0.2, 0.25) is 0 Å². The van der Waals surface area contributed by atoms with E-state index in [0.717, 1.165) is 12.1 Å². The van der Waals surface area contributed by atoms with Crippen LogP contribution in [-0.4, -0.2) is 15.1 Å². The Bertz CT molecular complexity index is 882. The lowest BCUT2D eigenvalue weighted by Gasteiger charge is -2.02. The standard InChI is InChI=1S/C14H12N4O2S/c1-2-8-7-21-14(15-8)18-17-11-12(19)9-5-3-4-6-10(9)16-13(11)20/h3-7H,2H2,1H3,(H2,16,19,20). The van der Waals surface area contributed by atoms with E-state index in [0.29, 0.717) is 16.0 Å². The predicted octanol–water partition coefficient (Wildman–Crippen LogP) is 3.67. The zero-order valence-electron chi connectivity index (χ0n) is 11.2. The summed E-state index contributed by atoms with van der Waals surface area (Å²) in [6.07, 6.45) is 0.813. The maximum absolute atomic E-state index is 12.0. The first-order valence-corrected chi connectivity index (χ1v) is 7.27. The van der Waals surface area contributed by atoms with Gasteiger partial charge < -0.3 is 10.1 Å². The van der Waals surface area contributed by atoms with Crippen LogP contribution in [0.3, 0.4) is 0 Å². The van der Waals surface area contributed by atoms with Gasteiger partial charge in [0.15, 0.2) is 11.4 Å². The lowest BCUT2D eigenvalue weighted by molar-refractivity contribution is 0.481. The van der Waals surface area contributed by atoms with Gasteiger partial charge >= 0.3 is 0 Å². The van der Waals surface area contributed by atoms with Crippen LogP contribution >= 0.6 is 11.3 Å². The van der Waals surface area contributed by atoms with E-state index in [4.69, 9.17) is 0 Å². The summed E-state index contributed by atoms with van der Waals surface area (Å²) in [6.45, 7) is 2.00. The van der Waals surface area contributed by atoms with Gasteiger partial charge in [-0.15, -0.1) is 21.6 Å². The summed E-state index contributed by atoms with van der Waals surface area (Å²) in [4.78, 5) is 18.8. The average Bonchev–Trinajstić information content (AvgIpc) is 2.95. The highest BCUT2D eigenvalue weighted by Gasteiger charge is 2.11. The summed E-state index contributed by atoms with van der Waals surface area (Å²) in [5, 5.41) is 20.8. The van der Waals surface area contributed by atoms with Crippen molar-refractivity contribution in [3.8, 4) is 5.75 Å². The van der Waals surface area contributed by atoms with Crippen molar-refractivity contribution in [3.63, 3.8) is 0 Å². The number of fused-ring (bicyclic) bond motifs is 1. The monoisotopic (exact) mass is 300 g/mol. The number of aromatic hydroxyl groups is 1. The molecule has 7 heteroatoms. The van der Waals surface area contributed by atoms with Crippen molar-refractivity contribution in [1.82, 2.24) is 9.97 Å². The van der Waals surface area contributed by atoms with Gasteiger partial charge in [0.25, 0.3) is 5.56 Å². The molecule has 0 bridgehead atoms. The maximum atomic E-state index is 12.0. The van der Waals surface area contributed by atoms with Gasteiger partial charge in [0, 0.05) is 10.8 Å². The molecule has 0 amide bonds. The van der Waals surface area contributed by atoms with Crippen LogP contribution < -0.4 is 5.56 Å². The van der Waals surface area contributed by atoms with Crippen LogP contribution in [-0.2, 0) is 6.42 Å². The fourth-order valence-corrected chi connectivity index (χ4v) is 2.62. The number of hydrogen-bond acceptors (Lipinski definition) is 6. The van der Waals surface area contributed by atoms with E-state index in [2.05, 4.69) is 20.2 Å². The van der Waals surface area contributed by atoms with Gasteiger partial charge in [-0.1, -0.05) is 19.1 Å². The van der Waals surface area contributed by atoms with Crippen LogP contribution in [0.5, 0.6) is 5.75 Å². The molecule has 0 atom stereocenters. The van der Waals surface area contributed by atoms with E-state index >= 15 is 0 Å². The van der Waals surface area contributed by atoms with Gasteiger partial charge in [-0.25, -0.2) is 4.98 Å². The Labute approximate surface area is 123 Å². The lowest BCUT2D eigenvalue weighted by atomic mass is 10.2. The molecule has 0 saturated carbocycles. The predicted molar refractivity (Wildman–Crippen MR) is 81.9 cm³/mol. The molecule has 0 radical (unpaired) electrons. The molecule has 0 unspecified atom stereocenters. The molecular formula is C14H12N4O2S. The zero-order valence-corrected chi connectivity index (χ0v) is 12.0. The van der Waals surface area contributed by atoms with Gasteiger partial charge in [0.05, 0.1) is 11.2 Å². The van der Waals surface area contributed by atoms with Crippen LogP contribution in [0.1, 0.15) is 12.6 Å². The number of aromatic amines is 1. The van der Waals surface area contributed by atoms with Crippen molar-refractivity contribution in [3.05, 3.63) is 45.7 Å². The van der Waals surface area contributed by atoms with Crippen LogP contribution in [0.4, 0.5) is 10.8 Å². The smallest absolute Gasteiger partial charge is 0.280 e. The normalized spacial score (nSPS) is 11.5. The van der Waals surface area contributed by atoms with E-state index in [-0.39, 0.29) is 11.4 Å². The molecule has 6 nitrogen and oxygen atoms in total. The van der Waals surface area contributed by atoms with Gasteiger partial charge in [-0.3, -0.25) is 4.79 Å². The minimum atomic E-state index is -0.484. The highest BCUT2D eigenvalue weighted by molar-refractivity contribution is 7.13. The number of pyridine rings is 1. The molecular weight excluding hydrogens is 288 g/mol. The Morgan fingerprint density at radius 2 is 2.14 bits per heavy atom. The minimum Gasteiger partial charge on any atom is -0.505 e. The molecule has 3 rings (SSSR count). The van der Waals surface area contributed by atoms with Crippen molar-refractivity contribution >= 4 is 33.1 Å². The van der Waals surface area contributed by atoms with E-state index in [1.54, 1.807) is 24.3 Å². The zero-order chi connectivity index (χ0) is 14.8. The SMILES string of the molecule is CCc1csc(N=Nc2c(O)c3ccccc3[nH]c2=O)n1. The second kappa shape index (κ2) is 5.45. The number of H-pyrrole nitrogens is 1. The Morgan fingerprint density at radius 1 is 1.33 bits per heavy atom. The Kier molecular flexibility index (Phi) is 3.49. The number of aromatic nitrogens is 2. The number of nitrogens with zero attached hydrogens (tertiary/aromatic N) is 3. The summed E-state index contributed by atoms with van der Waals surface area (Å²) in [5.74, 6) is -0.176. The number of thiazole rings is 1. The van der Waals surface area contributed by atoms with E-state index in [9.17, 15) is 9.90 Å². The Hall–Kier alpha value is -2.54. The second-order valence-electron chi connectivity index (χ2n) is 4.37. The molecule has 0 aliphatic heterocycles. The van der Waals surface area contributed by atoms with Gasteiger partial charge in [0.2, 0.25) is 5.13 Å². The van der Waals surface area contributed by atoms with Crippen LogP contribution in [0.25, 0.3) is 10.9 Å². The first-order chi connectivity index (χ1) is 10.2. The minimum absolute atomic E-state index is 0.109. The molecule has 2 N–H and O–H groups in total. The summed E-state index contributed by atoms with van der Waals surface area (Å²) >= 11 is 1.34. The summed E-state index contributed by atoms with van der Waals surface area (Å²) < 4.78 is 0. The number of benzene rings is 1. The summed E-state index contributed by atoms with van der Waals surface area (Å²) in [6, 6.07) is 6.97. The quantitative estimate of drug-likeness (QED) is 0.723. The lowest BCUT2D eigenvalue weighted by Crippen LogP contribution is -2.04. The molecule has 21 heavy (non-hydrogen) atoms. The molecule has 2 heterocycles. The van der Waals surface area contributed by atoms with Gasteiger partial charge in [-0.2, -0.15) is 0 Å². The van der Waals surface area contributed by atoms with E-state index in [1.807, 2.05) is 12.3 Å². The largest absolute Gasteiger partial charge is 0.505 e. The van der Waals surface area contributed by atoms with Crippen LogP contribution in [0, 0.1) is 0 Å². The third-order valence-corrected chi connectivity index (χ3v) is 3.78. The van der Waals surface area contributed by atoms with Crippen LogP contribution in [0.15, 0.2) is 44.7 Å². The molecule has 3 aromatic rings. The number of hydrogen-bond donors (Lipinski definition) is 2. The molecule has 0 saturated heterocycles. The first-order valence-electron chi connectivity index (χ1n) is 6.39. The molecule has 106 valence electrons. The molecule has 0 aliphatic carbocycles. The van der Waals surface area contributed by atoms with Crippen molar-refractivity contribution in [2.45, 2.75) is 13.3 Å². The van der Waals surface area contributed by atoms with Crippen molar-refractivity contribution in [2.24, 2.45) is 10.2 Å². The third-order valence-electron chi connectivity index (χ3n) is 3.01. The fraction of sp³-hybridized carbons (Fsp3) is 0.143. The summed E-state index contributed by atoms with van der Waals surface area (Å²) in [7, 11) is 0. The average molecular weight is 300 g/mol. The van der Waals surface area contributed by atoms with Gasteiger partial charge in [-0.05, 0) is 18.6 Å². The van der Waals surface area contributed by atoms with Crippen molar-refractivity contribution in [1.29, 1.82) is 0 Å². The summed E-state index contributed by atoms with van der Waals surface area (Å²) in [5.41, 5.74) is 0.885. The van der Waals surface area contributed by atoms with E-state index < -0.39 is 5.56 Å². The molecule has 0 spiro atoms. The second-order valence-corrected chi connectivity index (χ2v) is 5.21. The Balaban J connectivity index is 2.06. The number of nitrogens with one attached hydrogen (secondary N) is 1. The van der Waals surface area contributed by atoms with Crippen molar-refractivity contribution < 1.29 is 5.11 Å². The topological polar surface area (TPSA) is 90.7 Å². The molecule has 0 aliphatic rings.